The highest BCUT2D eigenvalue weighted by molar-refractivity contribution is 7.92. The number of hydrogen-bond acceptors (Lipinski definition) is 3. The van der Waals surface area contributed by atoms with Crippen LogP contribution in [-0.4, -0.2) is 14.3 Å². The molecule has 3 aromatic carbocycles. The van der Waals surface area contributed by atoms with E-state index in [4.69, 9.17) is 11.6 Å². The molecule has 0 radical (unpaired) electrons. The van der Waals surface area contributed by atoms with Gasteiger partial charge in [0.1, 0.15) is 0 Å². The topological polar surface area (TPSA) is 75.3 Å². The Labute approximate surface area is 163 Å². The van der Waals surface area contributed by atoms with Crippen molar-refractivity contribution in [3.8, 4) is 0 Å². The fraction of sp³-hybridized carbons (Fsp3) is 0.0500. The van der Waals surface area contributed by atoms with Crippen molar-refractivity contribution in [1.29, 1.82) is 0 Å². The lowest BCUT2D eigenvalue weighted by Gasteiger charge is -2.10. The summed E-state index contributed by atoms with van der Waals surface area (Å²) in [5.74, 6) is -0.258. The van der Waals surface area contributed by atoms with Crippen molar-refractivity contribution in [3.63, 3.8) is 0 Å². The van der Waals surface area contributed by atoms with Gasteiger partial charge in [0.15, 0.2) is 0 Å². The highest BCUT2D eigenvalue weighted by Crippen LogP contribution is 2.21. The average molecular weight is 401 g/mol. The van der Waals surface area contributed by atoms with Crippen LogP contribution in [0.4, 0.5) is 11.4 Å². The predicted octanol–water partition coefficient (Wildman–Crippen LogP) is 4.70. The van der Waals surface area contributed by atoms with E-state index in [1.807, 2.05) is 13.0 Å². The zero-order valence-electron chi connectivity index (χ0n) is 14.4. The summed E-state index contributed by atoms with van der Waals surface area (Å²) in [7, 11) is -3.75. The minimum Gasteiger partial charge on any atom is -0.322 e. The van der Waals surface area contributed by atoms with Gasteiger partial charge in [0.05, 0.1) is 10.6 Å². The molecule has 0 heterocycles. The molecule has 0 atom stereocenters. The van der Waals surface area contributed by atoms with E-state index in [1.54, 1.807) is 48.5 Å². The molecule has 138 valence electrons. The molecule has 0 aliphatic heterocycles. The van der Waals surface area contributed by atoms with Gasteiger partial charge in [-0.1, -0.05) is 35.4 Å². The number of aryl methyl sites for hydroxylation is 1. The molecule has 0 bridgehead atoms. The van der Waals surface area contributed by atoms with Crippen LogP contribution in [0.1, 0.15) is 15.9 Å². The molecule has 0 aliphatic rings. The molecule has 27 heavy (non-hydrogen) atoms. The van der Waals surface area contributed by atoms with Crippen LogP contribution in [0.5, 0.6) is 0 Å². The molecular weight excluding hydrogens is 384 g/mol. The van der Waals surface area contributed by atoms with Gasteiger partial charge in [0.25, 0.3) is 15.9 Å². The van der Waals surface area contributed by atoms with Gasteiger partial charge in [0, 0.05) is 16.3 Å². The summed E-state index contributed by atoms with van der Waals surface area (Å²) in [5, 5.41) is 3.18. The lowest BCUT2D eigenvalue weighted by Crippen LogP contribution is -2.14. The van der Waals surface area contributed by atoms with E-state index in [1.165, 1.54) is 18.2 Å². The largest absolute Gasteiger partial charge is 0.322 e. The van der Waals surface area contributed by atoms with E-state index < -0.39 is 10.0 Å². The number of halogens is 1. The molecule has 5 nitrogen and oxygen atoms in total. The Bertz CT molecular complexity index is 1080. The first kappa shape index (κ1) is 18.9. The summed E-state index contributed by atoms with van der Waals surface area (Å²) >= 11 is 5.87. The van der Waals surface area contributed by atoms with Crippen molar-refractivity contribution in [2.45, 2.75) is 11.8 Å². The summed E-state index contributed by atoms with van der Waals surface area (Å²) < 4.78 is 27.4. The van der Waals surface area contributed by atoms with Crippen LogP contribution in [0.25, 0.3) is 0 Å². The minimum atomic E-state index is -3.75. The number of amides is 1. The maximum Gasteiger partial charge on any atom is 0.261 e. The molecule has 1 amide bonds. The van der Waals surface area contributed by atoms with Crippen LogP contribution >= 0.6 is 11.6 Å². The van der Waals surface area contributed by atoms with E-state index in [9.17, 15) is 13.2 Å². The van der Waals surface area contributed by atoms with Crippen molar-refractivity contribution in [1.82, 2.24) is 0 Å². The van der Waals surface area contributed by atoms with Crippen molar-refractivity contribution in [3.05, 3.63) is 88.9 Å². The predicted molar refractivity (Wildman–Crippen MR) is 108 cm³/mol. The van der Waals surface area contributed by atoms with Crippen molar-refractivity contribution >= 4 is 38.9 Å². The Balaban J connectivity index is 1.73. The van der Waals surface area contributed by atoms with Crippen molar-refractivity contribution < 1.29 is 13.2 Å². The summed E-state index contributed by atoms with van der Waals surface area (Å²) in [6.07, 6.45) is 0. The fourth-order valence-electron chi connectivity index (χ4n) is 2.47. The molecule has 0 aromatic heterocycles. The molecule has 2 N–H and O–H groups in total. The summed E-state index contributed by atoms with van der Waals surface area (Å²) in [6.45, 7) is 1.91. The van der Waals surface area contributed by atoms with E-state index >= 15 is 0 Å². The highest BCUT2D eigenvalue weighted by atomic mass is 35.5. The second-order valence-electron chi connectivity index (χ2n) is 5.96. The van der Waals surface area contributed by atoms with Gasteiger partial charge in [-0.3, -0.25) is 9.52 Å². The third-order valence-electron chi connectivity index (χ3n) is 3.78. The van der Waals surface area contributed by atoms with Gasteiger partial charge < -0.3 is 5.32 Å². The average Bonchev–Trinajstić information content (AvgIpc) is 2.62. The number of sulfonamides is 1. The Hall–Kier alpha value is -2.83. The number of rotatable bonds is 5. The molecule has 7 heteroatoms. The second-order valence-corrected chi connectivity index (χ2v) is 8.08. The number of hydrogen-bond donors (Lipinski definition) is 2. The minimum absolute atomic E-state index is 0.0797. The van der Waals surface area contributed by atoms with Gasteiger partial charge in [0.2, 0.25) is 0 Å². The number of nitrogens with one attached hydrogen (secondary N) is 2. The maximum absolute atomic E-state index is 12.5. The number of anilines is 2. The van der Waals surface area contributed by atoms with Gasteiger partial charge in [-0.05, 0) is 61.5 Å². The SMILES string of the molecule is Cc1cccc(C(=O)Nc2ccc(S(=O)(=O)Nc3cccc(Cl)c3)cc2)c1. The van der Waals surface area contributed by atoms with E-state index in [-0.39, 0.29) is 10.8 Å². The van der Waals surface area contributed by atoms with Crippen LogP contribution in [0, 0.1) is 6.92 Å². The third kappa shape index (κ3) is 4.87. The van der Waals surface area contributed by atoms with E-state index in [0.717, 1.165) is 5.56 Å². The molecule has 3 rings (SSSR count). The van der Waals surface area contributed by atoms with Crippen molar-refractivity contribution in [2.75, 3.05) is 10.0 Å². The van der Waals surface area contributed by atoms with E-state index in [0.29, 0.717) is 22.0 Å². The van der Waals surface area contributed by atoms with Gasteiger partial charge in [-0.25, -0.2) is 8.42 Å². The van der Waals surface area contributed by atoms with Gasteiger partial charge in [-0.2, -0.15) is 0 Å². The van der Waals surface area contributed by atoms with Gasteiger partial charge in [-0.15, -0.1) is 0 Å². The summed E-state index contributed by atoms with van der Waals surface area (Å²) in [5.41, 5.74) is 2.40. The second kappa shape index (κ2) is 7.82. The molecule has 3 aromatic rings. The van der Waals surface area contributed by atoms with E-state index in [2.05, 4.69) is 10.0 Å². The quantitative estimate of drug-likeness (QED) is 0.651. The maximum atomic E-state index is 12.5. The molecule has 0 aliphatic carbocycles. The zero-order chi connectivity index (χ0) is 19.4. The third-order valence-corrected chi connectivity index (χ3v) is 5.41. The monoisotopic (exact) mass is 400 g/mol. The highest BCUT2D eigenvalue weighted by Gasteiger charge is 2.15. The lowest BCUT2D eigenvalue weighted by molar-refractivity contribution is 0.102. The van der Waals surface area contributed by atoms with Gasteiger partial charge >= 0.3 is 0 Å². The van der Waals surface area contributed by atoms with Crippen LogP contribution in [-0.2, 0) is 10.0 Å². The smallest absolute Gasteiger partial charge is 0.261 e. The fourth-order valence-corrected chi connectivity index (χ4v) is 3.71. The zero-order valence-corrected chi connectivity index (χ0v) is 16.0. The Kier molecular flexibility index (Phi) is 5.48. The summed E-state index contributed by atoms with van der Waals surface area (Å²) in [4.78, 5) is 12.3. The van der Waals surface area contributed by atoms with Crippen LogP contribution in [0.2, 0.25) is 5.02 Å². The standard InChI is InChI=1S/C20H17ClN2O3S/c1-14-4-2-5-15(12-14)20(24)22-17-8-10-19(11-9-17)27(25,26)23-18-7-3-6-16(21)13-18/h2-13,23H,1H3,(H,22,24). The Morgan fingerprint density at radius 3 is 2.26 bits per heavy atom. The van der Waals surface area contributed by atoms with Crippen LogP contribution in [0.15, 0.2) is 77.7 Å². The van der Waals surface area contributed by atoms with Crippen LogP contribution in [0.3, 0.4) is 0 Å². The van der Waals surface area contributed by atoms with Crippen molar-refractivity contribution in [2.24, 2.45) is 0 Å². The number of carbonyl (C=O) groups is 1. The molecule has 0 spiro atoms. The first-order chi connectivity index (χ1) is 12.8. The molecule has 0 fully saturated rings. The first-order valence-corrected chi connectivity index (χ1v) is 9.96. The summed E-state index contributed by atoms with van der Waals surface area (Å²) in [6, 6.07) is 19.6. The Morgan fingerprint density at radius 1 is 0.889 bits per heavy atom. The lowest BCUT2D eigenvalue weighted by atomic mass is 10.1. The number of carbonyl (C=O) groups excluding carboxylic acids is 1. The number of benzene rings is 3. The molecular formula is C20H17ClN2O3S. The molecule has 0 saturated carbocycles. The normalized spacial score (nSPS) is 11.0. The Morgan fingerprint density at radius 2 is 1.59 bits per heavy atom. The molecule has 0 saturated heterocycles. The van der Waals surface area contributed by atoms with Crippen LogP contribution < -0.4 is 10.0 Å². The molecule has 0 unspecified atom stereocenters. The first-order valence-electron chi connectivity index (χ1n) is 8.10.